The summed E-state index contributed by atoms with van der Waals surface area (Å²) in [5, 5.41) is 12.8. The van der Waals surface area contributed by atoms with Crippen molar-refractivity contribution in [2.24, 2.45) is 0 Å². The second-order valence-electron chi connectivity index (χ2n) is 4.15. The summed E-state index contributed by atoms with van der Waals surface area (Å²) in [5.74, 6) is -0.500. The maximum atomic E-state index is 12.1. The molecule has 0 bridgehead atoms. The second-order valence-corrected chi connectivity index (χ2v) is 5.00. The zero-order chi connectivity index (χ0) is 15.2. The smallest absolute Gasteiger partial charge is 0.266 e. The number of amides is 1. The third kappa shape index (κ3) is 4.09. The van der Waals surface area contributed by atoms with Gasteiger partial charge in [0.25, 0.3) is 5.91 Å². The van der Waals surface area contributed by atoms with Crippen LogP contribution in [0.15, 0.2) is 54.1 Å². The Morgan fingerprint density at radius 1 is 1.10 bits per heavy atom. The Kier molecular flexibility index (Phi) is 4.99. The fourth-order valence-corrected chi connectivity index (χ4v) is 1.94. The third-order valence-corrected chi connectivity index (χ3v) is 3.27. The normalized spacial score (nSPS) is 10.8. The zero-order valence-corrected chi connectivity index (χ0v) is 12.3. The van der Waals surface area contributed by atoms with Crippen LogP contribution >= 0.6 is 23.2 Å². The van der Waals surface area contributed by atoms with Gasteiger partial charge in [-0.2, -0.15) is 5.26 Å². The van der Waals surface area contributed by atoms with Crippen LogP contribution in [-0.2, 0) is 4.79 Å². The molecule has 0 saturated carbocycles. The third-order valence-electron chi connectivity index (χ3n) is 2.67. The van der Waals surface area contributed by atoms with Crippen molar-refractivity contribution in [3.63, 3.8) is 0 Å². The molecule has 0 aliphatic carbocycles. The first kappa shape index (κ1) is 15.1. The zero-order valence-electron chi connectivity index (χ0n) is 10.8. The molecule has 1 N–H and O–H groups in total. The van der Waals surface area contributed by atoms with Gasteiger partial charge in [0.2, 0.25) is 0 Å². The number of hydrogen-bond acceptors (Lipinski definition) is 2. The first-order valence-corrected chi connectivity index (χ1v) is 6.79. The van der Waals surface area contributed by atoms with E-state index in [-0.39, 0.29) is 5.57 Å². The molecule has 21 heavy (non-hydrogen) atoms. The molecule has 5 heteroatoms. The Bertz CT molecular complexity index is 731. The number of nitrogens with one attached hydrogen (secondary N) is 1. The Labute approximate surface area is 132 Å². The summed E-state index contributed by atoms with van der Waals surface area (Å²) in [6.45, 7) is 0. The lowest BCUT2D eigenvalue weighted by atomic mass is 10.1. The molecule has 3 nitrogen and oxygen atoms in total. The van der Waals surface area contributed by atoms with Crippen LogP contribution in [0, 0.1) is 11.3 Å². The highest BCUT2D eigenvalue weighted by atomic mass is 35.5. The summed E-state index contributed by atoms with van der Waals surface area (Å²) < 4.78 is 0. The molecule has 0 aromatic heterocycles. The molecule has 0 aliphatic rings. The first-order chi connectivity index (χ1) is 10.1. The number of rotatable bonds is 3. The standard InChI is InChI=1S/C16H10Cl2N2O/c17-13-5-7-14(8-6-13)20-16(21)12(10-19)9-11-3-1-2-4-15(11)18/h1-9H,(H,20,21). The number of carbonyl (C=O) groups is 1. The van der Waals surface area contributed by atoms with Crippen LogP contribution in [0.4, 0.5) is 5.69 Å². The highest BCUT2D eigenvalue weighted by molar-refractivity contribution is 6.32. The Balaban J connectivity index is 2.22. The van der Waals surface area contributed by atoms with E-state index in [1.807, 2.05) is 6.07 Å². The molecule has 0 unspecified atom stereocenters. The van der Waals surface area contributed by atoms with E-state index in [0.717, 1.165) is 0 Å². The van der Waals surface area contributed by atoms with Crippen molar-refractivity contribution in [3.05, 3.63) is 69.7 Å². The quantitative estimate of drug-likeness (QED) is 0.667. The van der Waals surface area contributed by atoms with Gasteiger partial charge in [-0.3, -0.25) is 4.79 Å². The van der Waals surface area contributed by atoms with Gasteiger partial charge in [0, 0.05) is 15.7 Å². The van der Waals surface area contributed by atoms with Crippen LogP contribution in [0.25, 0.3) is 6.08 Å². The summed E-state index contributed by atoms with van der Waals surface area (Å²) in [7, 11) is 0. The molecule has 0 radical (unpaired) electrons. The van der Waals surface area contributed by atoms with Crippen LogP contribution < -0.4 is 5.32 Å². The highest BCUT2D eigenvalue weighted by Gasteiger charge is 2.10. The molecule has 0 heterocycles. The molecular formula is C16H10Cl2N2O. The minimum atomic E-state index is -0.500. The lowest BCUT2D eigenvalue weighted by Crippen LogP contribution is -2.13. The number of halogens is 2. The molecule has 0 spiro atoms. The van der Waals surface area contributed by atoms with Crippen molar-refractivity contribution >= 4 is 40.9 Å². The molecule has 104 valence electrons. The van der Waals surface area contributed by atoms with Crippen LogP contribution in [0.5, 0.6) is 0 Å². The number of hydrogen-bond donors (Lipinski definition) is 1. The SMILES string of the molecule is N#CC(=Cc1ccccc1Cl)C(=O)Nc1ccc(Cl)cc1. The fourth-order valence-electron chi connectivity index (χ4n) is 1.63. The van der Waals surface area contributed by atoms with Crippen molar-refractivity contribution in [2.45, 2.75) is 0 Å². The predicted molar refractivity (Wildman–Crippen MR) is 85.1 cm³/mol. The second kappa shape index (κ2) is 6.94. The lowest BCUT2D eigenvalue weighted by molar-refractivity contribution is -0.112. The van der Waals surface area contributed by atoms with E-state index in [4.69, 9.17) is 28.5 Å². The van der Waals surface area contributed by atoms with Gasteiger partial charge < -0.3 is 5.32 Å². The Morgan fingerprint density at radius 2 is 1.76 bits per heavy atom. The van der Waals surface area contributed by atoms with Gasteiger partial charge in [-0.1, -0.05) is 41.4 Å². The molecular weight excluding hydrogens is 307 g/mol. The summed E-state index contributed by atoms with van der Waals surface area (Å²) in [5.41, 5.74) is 1.14. The van der Waals surface area contributed by atoms with Gasteiger partial charge in [-0.25, -0.2) is 0 Å². The molecule has 1 amide bonds. The van der Waals surface area contributed by atoms with E-state index >= 15 is 0 Å². The van der Waals surface area contributed by atoms with Crippen molar-refractivity contribution in [2.75, 3.05) is 5.32 Å². The van der Waals surface area contributed by atoms with E-state index in [1.165, 1.54) is 6.08 Å². The Hall–Kier alpha value is -2.28. The minimum absolute atomic E-state index is 0.0296. The van der Waals surface area contributed by atoms with Gasteiger partial charge in [0.15, 0.2) is 0 Å². The molecule has 2 aromatic rings. The number of anilines is 1. The largest absolute Gasteiger partial charge is 0.321 e. The van der Waals surface area contributed by atoms with E-state index in [0.29, 0.717) is 21.3 Å². The van der Waals surface area contributed by atoms with Crippen LogP contribution in [0.2, 0.25) is 10.0 Å². The maximum absolute atomic E-state index is 12.1. The van der Waals surface area contributed by atoms with Gasteiger partial charge in [0.05, 0.1) is 0 Å². The molecule has 0 fully saturated rings. The van der Waals surface area contributed by atoms with Crippen LogP contribution in [0.3, 0.4) is 0 Å². The van der Waals surface area contributed by atoms with Gasteiger partial charge in [0.1, 0.15) is 11.6 Å². The molecule has 2 aromatic carbocycles. The Morgan fingerprint density at radius 3 is 2.38 bits per heavy atom. The van der Waals surface area contributed by atoms with Crippen LogP contribution in [-0.4, -0.2) is 5.91 Å². The van der Waals surface area contributed by atoms with Crippen molar-refractivity contribution in [1.29, 1.82) is 5.26 Å². The van der Waals surface area contributed by atoms with Gasteiger partial charge >= 0.3 is 0 Å². The van der Waals surface area contributed by atoms with Gasteiger partial charge in [-0.05, 0) is 42.0 Å². The lowest BCUT2D eigenvalue weighted by Gasteiger charge is -2.04. The van der Waals surface area contributed by atoms with Crippen molar-refractivity contribution in [3.8, 4) is 6.07 Å². The number of nitrogens with zero attached hydrogens (tertiary/aromatic N) is 1. The topological polar surface area (TPSA) is 52.9 Å². The minimum Gasteiger partial charge on any atom is -0.321 e. The highest BCUT2D eigenvalue weighted by Crippen LogP contribution is 2.19. The van der Waals surface area contributed by atoms with Crippen molar-refractivity contribution in [1.82, 2.24) is 0 Å². The monoisotopic (exact) mass is 316 g/mol. The van der Waals surface area contributed by atoms with E-state index in [2.05, 4.69) is 5.32 Å². The summed E-state index contributed by atoms with van der Waals surface area (Å²) in [4.78, 5) is 12.1. The molecule has 0 saturated heterocycles. The fraction of sp³-hybridized carbons (Fsp3) is 0. The maximum Gasteiger partial charge on any atom is 0.266 e. The average Bonchev–Trinajstić information content (AvgIpc) is 2.48. The number of benzene rings is 2. The summed E-state index contributed by atoms with van der Waals surface area (Å²) in [6.07, 6.45) is 1.45. The van der Waals surface area contributed by atoms with E-state index < -0.39 is 5.91 Å². The van der Waals surface area contributed by atoms with E-state index in [9.17, 15) is 4.79 Å². The molecule has 2 rings (SSSR count). The predicted octanol–water partition coefficient (Wildman–Crippen LogP) is 4.54. The molecule has 0 aliphatic heterocycles. The van der Waals surface area contributed by atoms with Crippen LogP contribution in [0.1, 0.15) is 5.56 Å². The van der Waals surface area contributed by atoms with E-state index in [1.54, 1.807) is 48.5 Å². The summed E-state index contributed by atoms with van der Waals surface area (Å²) >= 11 is 11.8. The summed E-state index contributed by atoms with van der Waals surface area (Å²) in [6, 6.07) is 15.5. The average molecular weight is 317 g/mol. The number of carbonyl (C=O) groups excluding carboxylic acids is 1. The van der Waals surface area contributed by atoms with Gasteiger partial charge in [-0.15, -0.1) is 0 Å². The first-order valence-electron chi connectivity index (χ1n) is 6.03. The number of nitriles is 1. The molecule has 0 atom stereocenters. The van der Waals surface area contributed by atoms with Crippen molar-refractivity contribution < 1.29 is 4.79 Å².